The summed E-state index contributed by atoms with van der Waals surface area (Å²) in [4.78, 5) is 48.0. The minimum Gasteiger partial charge on any atom is -0.494 e. The van der Waals surface area contributed by atoms with Gasteiger partial charge in [-0.05, 0) is 135 Å². The largest absolute Gasteiger partial charge is 0.494 e. The summed E-state index contributed by atoms with van der Waals surface area (Å²) in [5.74, 6) is 1.40. The van der Waals surface area contributed by atoms with Crippen molar-refractivity contribution in [3.8, 4) is 28.1 Å². The van der Waals surface area contributed by atoms with Crippen LogP contribution in [0.25, 0.3) is 27.9 Å². The number of benzene rings is 3. The van der Waals surface area contributed by atoms with Gasteiger partial charge in [-0.1, -0.05) is 57.2 Å². The van der Waals surface area contributed by atoms with Crippen LogP contribution < -0.4 is 20.7 Å². The lowest BCUT2D eigenvalue weighted by molar-refractivity contribution is -0.133. The molecule has 2 aliphatic rings. The molecule has 3 aromatic carbocycles. The Hall–Kier alpha value is -5.99. The van der Waals surface area contributed by atoms with E-state index in [1.165, 1.54) is 5.56 Å². The van der Waals surface area contributed by atoms with Crippen LogP contribution in [0.4, 0.5) is 5.69 Å². The predicted octanol–water partition coefficient (Wildman–Crippen LogP) is 7.71. The number of fused-ring (bicyclic) bond motifs is 1. The first-order valence-corrected chi connectivity index (χ1v) is 22.0. The Balaban J connectivity index is 0.775. The van der Waals surface area contributed by atoms with Crippen molar-refractivity contribution in [1.29, 1.82) is 0 Å². The van der Waals surface area contributed by atoms with Crippen molar-refractivity contribution < 1.29 is 19.1 Å². The van der Waals surface area contributed by atoms with Crippen LogP contribution in [0.1, 0.15) is 97.5 Å². The van der Waals surface area contributed by atoms with Crippen LogP contribution in [0.2, 0.25) is 0 Å². The third kappa shape index (κ3) is 10.1. The number of hydrogen-bond acceptors (Lipinski definition) is 11. The number of imide groups is 1. The second-order valence-corrected chi connectivity index (χ2v) is 17.9. The Morgan fingerprint density at radius 3 is 2.43 bits per heavy atom. The van der Waals surface area contributed by atoms with Gasteiger partial charge in [-0.3, -0.25) is 19.7 Å². The zero-order chi connectivity index (χ0) is 42.5. The van der Waals surface area contributed by atoms with Gasteiger partial charge in [0.25, 0.3) is 5.91 Å². The molecule has 0 saturated carbocycles. The lowest BCUT2D eigenvalue weighted by Gasteiger charge is -2.32. The summed E-state index contributed by atoms with van der Waals surface area (Å²) in [6.45, 7) is 12.4. The minimum atomic E-state index is -0.366. The highest BCUT2D eigenvalue weighted by Crippen LogP contribution is 2.32. The van der Waals surface area contributed by atoms with Gasteiger partial charge in [0, 0.05) is 41.4 Å². The van der Waals surface area contributed by atoms with Gasteiger partial charge in [-0.2, -0.15) is 9.47 Å². The molecule has 2 saturated heterocycles. The molecule has 0 aliphatic carbocycles. The van der Waals surface area contributed by atoms with Gasteiger partial charge in [-0.25, -0.2) is 14.5 Å². The van der Waals surface area contributed by atoms with Gasteiger partial charge in [0.2, 0.25) is 16.8 Å². The highest BCUT2D eigenvalue weighted by atomic mass is 32.1. The summed E-state index contributed by atoms with van der Waals surface area (Å²) in [6, 6.07) is 24.6. The van der Waals surface area contributed by atoms with Crippen molar-refractivity contribution in [2.75, 3.05) is 31.6 Å². The average Bonchev–Trinajstić information content (AvgIpc) is 3.94. The second kappa shape index (κ2) is 18.3. The SMILES string of the molecule is Cc1cc(-c2ncnn3cc(-c4ccc(OCCCCN5CCC(c6ccc(NC7CCC(=O)NC7=O)cc6)CC5)cc4)cc23)ccc1CNC(=O)c1nc(C(C)(C)C)ns1. The first-order chi connectivity index (χ1) is 29.5. The molecule has 3 N–H and O–H groups in total. The number of amides is 3. The Bertz CT molecular complexity index is 2500. The van der Waals surface area contributed by atoms with Gasteiger partial charge in [0.1, 0.15) is 23.9 Å². The van der Waals surface area contributed by atoms with Crippen molar-refractivity contribution in [2.24, 2.45) is 0 Å². The van der Waals surface area contributed by atoms with Crippen LogP contribution in [0.3, 0.4) is 0 Å². The van der Waals surface area contributed by atoms with E-state index in [2.05, 4.69) is 76.7 Å². The molecule has 316 valence electrons. The van der Waals surface area contributed by atoms with E-state index in [4.69, 9.17) is 4.74 Å². The van der Waals surface area contributed by atoms with Crippen LogP contribution in [0, 0.1) is 6.92 Å². The number of unbranched alkanes of at least 4 members (excludes halogenated alkanes) is 1. The minimum absolute atomic E-state index is 0.200. The molecule has 2 fully saturated rings. The molecule has 1 unspecified atom stereocenters. The Morgan fingerprint density at radius 2 is 1.70 bits per heavy atom. The zero-order valence-electron chi connectivity index (χ0n) is 35.2. The molecule has 2 aliphatic heterocycles. The average molecular weight is 840 g/mol. The lowest BCUT2D eigenvalue weighted by atomic mass is 9.89. The number of aryl methyl sites for hydroxylation is 1. The molecule has 1 atom stereocenters. The number of nitrogens with zero attached hydrogens (tertiary/aromatic N) is 6. The topological polar surface area (TPSA) is 156 Å². The van der Waals surface area contributed by atoms with Crippen molar-refractivity contribution >= 4 is 40.5 Å². The fourth-order valence-corrected chi connectivity index (χ4v) is 8.74. The van der Waals surface area contributed by atoms with Gasteiger partial charge < -0.3 is 20.3 Å². The first-order valence-electron chi connectivity index (χ1n) is 21.2. The zero-order valence-corrected chi connectivity index (χ0v) is 36.1. The van der Waals surface area contributed by atoms with E-state index >= 15 is 0 Å². The van der Waals surface area contributed by atoms with E-state index in [0.717, 1.165) is 107 Å². The quantitative estimate of drug-likeness (QED) is 0.0734. The normalized spacial score (nSPS) is 16.4. The van der Waals surface area contributed by atoms with Crippen molar-refractivity contribution in [2.45, 2.75) is 90.1 Å². The van der Waals surface area contributed by atoms with Crippen LogP contribution in [0.5, 0.6) is 5.75 Å². The molecule has 3 aromatic heterocycles. The van der Waals surface area contributed by atoms with Crippen LogP contribution >= 0.6 is 11.5 Å². The summed E-state index contributed by atoms with van der Waals surface area (Å²) in [6.07, 6.45) is 8.84. The van der Waals surface area contributed by atoms with Crippen molar-refractivity contribution in [3.05, 3.63) is 113 Å². The number of hydrogen-bond donors (Lipinski definition) is 3. The van der Waals surface area contributed by atoms with Gasteiger partial charge in [0.05, 0.1) is 17.8 Å². The van der Waals surface area contributed by atoms with E-state index in [1.807, 2.05) is 74.8 Å². The second-order valence-electron chi connectivity index (χ2n) is 17.1. The molecule has 0 bridgehead atoms. The standard InChI is InChI=1S/C47H53N9O4S/c1-30-25-34(7-8-35(30)27-48-44(59)45-53-46(54-61-45)47(2,3)4)42-40-26-36(28-56(40)50-29-49-42)32-11-15-38(16-12-32)60-24-6-5-21-55-22-19-33(20-23-55)31-9-13-37(14-10-31)51-39-17-18-41(57)52-43(39)58/h7-16,25-26,28-29,33,39,51H,5-6,17-24,27H2,1-4H3,(H,48,59)(H,52,57,58). The van der Waals surface area contributed by atoms with Crippen LogP contribution in [-0.2, 0) is 21.5 Å². The Kier molecular flexibility index (Phi) is 12.5. The van der Waals surface area contributed by atoms with E-state index < -0.39 is 0 Å². The Morgan fingerprint density at radius 1 is 0.934 bits per heavy atom. The monoisotopic (exact) mass is 839 g/mol. The molecule has 14 heteroatoms. The summed E-state index contributed by atoms with van der Waals surface area (Å²) >= 11 is 1.13. The Labute approximate surface area is 360 Å². The smallest absolute Gasteiger partial charge is 0.282 e. The van der Waals surface area contributed by atoms with Crippen LogP contribution in [-0.4, -0.2) is 78.9 Å². The number of ether oxygens (including phenoxy) is 1. The summed E-state index contributed by atoms with van der Waals surface area (Å²) in [5.41, 5.74) is 8.93. The lowest BCUT2D eigenvalue weighted by Crippen LogP contribution is -2.47. The van der Waals surface area contributed by atoms with Crippen LogP contribution in [0.15, 0.2) is 85.3 Å². The third-order valence-electron chi connectivity index (χ3n) is 11.6. The summed E-state index contributed by atoms with van der Waals surface area (Å²) < 4.78 is 12.4. The van der Waals surface area contributed by atoms with Gasteiger partial charge >= 0.3 is 0 Å². The summed E-state index contributed by atoms with van der Waals surface area (Å²) in [5, 5.41) is 13.5. The number of carbonyl (C=O) groups excluding carboxylic acids is 3. The molecule has 3 amide bonds. The maximum Gasteiger partial charge on any atom is 0.282 e. The molecule has 0 spiro atoms. The van der Waals surface area contributed by atoms with E-state index in [0.29, 0.717) is 42.7 Å². The number of nitrogens with one attached hydrogen (secondary N) is 3. The van der Waals surface area contributed by atoms with Crippen molar-refractivity contribution in [3.63, 3.8) is 0 Å². The van der Waals surface area contributed by atoms with E-state index in [-0.39, 0.29) is 29.2 Å². The van der Waals surface area contributed by atoms with Gasteiger partial charge in [-0.15, -0.1) is 0 Å². The molecule has 5 heterocycles. The highest BCUT2D eigenvalue weighted by Gasteiger charge is 2.27. The number of carbonyl (C=O) groups is 3. The first kappa shape index (κ1) is 41.7. The predicted molar refractivity (Wildman–Crippen MR) is 238 cm³/mol. The maximum atomic E-state index is 12.8. The maximum absolute atomic E-state index is 12.8. The molecule has 13 nitrogen and oxygen atoms in total. The number of anilines is 1. The molecular weight excluding hydrogens is 787 g/mol. The van der Waals surface area contributed by atoms with E-state index in [9.17, 15) is 14.4 Å². The van der Waals surface area contributed by atoms with Crippen molar-refractivity contribution in [1.82, 2.24) is 39.5 Å². The van der Waals surface area contributed by atoms with Gasteiger partial charge in [0.15, 0.2) is 0 Å². The highest BCUT2D eigenvalue weighted by molar-refractivity contribution is 7.07. The number of aromatic nitrogens is 5. The number of piperidine rings is 2. The third-order valence-corrected chi connectivity index (χ3v) is 12.3. The molecule has 0 radical (unpaired) electrons. The van der Waals surface area contributed by atoms with E-state index in [1.54, 1.807) is 6.33 Å². The molecule has 6 aromatic rings. The number of rotatable bonds is 14. The fourth-order valence-electron chi connectivity index (χ4n) is 7.97. The summed E-state index contributed by atoms with van der Waals surface area (Å²) in [7, 11) is 0. The molecular formula is C47H53N9O4S. The molecule has 8 rings (SSSR count). The molecule has 61 heavy (non-hydrogen) atoms. The number of likely N-dealkylation sites (tertiary alicyclic amines) is 1. The fraction of sp³-hybridized carbons (Fsp3) is 0.383.